The van der Waals surface area contributed by atoms with Crippen LogP contribution in [0, 0.1) is 29.1 Å². The summed E-state index contributed by atoms with van der Waals surface area (Å²) < 4.78 is 6.31. The van der Waals surface area contributed by atoms with Crippen molar-refractivity contribution in [2.75, 3.05) is 0 Å². The van der Waals surface area contributed by atoms with E-state index in [0.29, 0.717) is 18.4 Å². The number of carbonyl (C=O) groups is 4. The Hall–Kier alpha value is -3.58. The van der Waals surface area contributed by atoms with Crippen molar-refractivity contribution in [2.45, 2.75) is 58.3 Å². The highest BCUT2D eigenvalue weighted by Crippen LogP contribution is 2.66. The SMILES string of the molecule is CC1=CC(C)CC=CC2C3OC3(C)C(C)C3C(Cc4c[nH]c5ccccc45)NC(=O)C23C(=O)C=CC(=O)C1=O. The maximum absolute atomic E-state index is 14.2. The van der Waals surface area contributed by atoms with Gasteiger partial charge in [0.1, 0.15) is 5.41 Å². The highest BCUT2D eigenvalue weighted by atomic mass is 16.6. The fraction of sp³-hybridized carbons (Fsp3) is 0.438. The molecule has 4 aliphatic rings. The smallest absolute Gasteiger partial charge is 0.235 e. The molecule has 2 saturated heterocycles. The Kier molecular flexibility index (Phi) is 5.92. The molecule has 39 heavy (non-hydrogen) atoms. The summed E-state index contributed by atoms with van der Waals surface area (Å²) in [6.45, 7) is 7.74. The predicted molar refractivity (Wildman–Crippen MR) is 147 cm³/mol. The minimum absolute atomic E-state index is 0.00576. The van der Waals surface area contributed by atoms with Crippen molar-refractivity contribution in [3.05, 3.63) is 72.0 Å². The average Bonchev–Trinajstić information content (AvgIpc) is 3.31. The van der Waals surface area contributed by atoms with E-state index in [1.807, 2.05) is 43.5 Å². The second-order valence-corrected chi connectivity index (χ2v) is 12.0. The summed E-state index contributed by atoms with van der Waals surface area (Å²) in [6, 6.07) is 7.72. The van der Waals surface area contributed by atoms with Crippen molar-refractivity contribution in [2.24, 2.45) is 29.1 Å². The largest absolute Gasteiger partial charge is 0.365 e. The summed E-state index contributed by atoms with van der Waals surface area (Å²) in [5.41, 5.74) is 0.547. The van der Waals surface area contributed by atoms with Crippen molar-refractivity contribution in [3.8, 4) is 0 Å². The lowest BCUT2D eigenvalue weighted by Crippen LogP contribution is -2.58. The normalized spacial score (nSPS) is 38.2. The molecule has 1 saturated carbocycles. The molecule has 8 unspecified atom stereocenters. The number of benzene rings is 1. The van der Waals surface area contributed by atoms with Crippen molar-refractivity contribution in [3.63, 3.8) is 0 Å². The standard InChI is InChI=1S/C32H34N2O5/c1-17-8-7-10-22-29-31(4,39-29)19(3)27-24(15-20-16-33-23-11-6-5-9-21(20)23)34-30(38)32(22,27)26(36)13-12-25(35)28(37)18(2)14-17/h5-7,9-14,16-17,19,22,24,27,29,33H,8,15H2,1-4H3,(H,34,38). The first-order valence-corrected chi connectivity index (χ1v) is 13.8. The summed E-state index contributed by atoms with van der Waals surface area (Å²) in [5.74, 6) is -3.13. The van der Waals surface area contributed by atoms with E-state index < -0.39 is 34.3 Å². The van der Waals surface area contributed by atoms with Gasteiger partial charge in [0.25, 0.3) is 0 Å². The van der Waals surface area contributed by atoms with Gasteiger partial charge in [-0.25, -0.2) is 0 Å². The first-order valence-electron chi connectivity index (χ1n) is 13.8. The van der Waals surface area contributed by atoms with Gasteiger partial charge in [-0.05, 0) is 67.9 Å². The van der Waals surface area contributed by atoms with E-state index in [0.717, 1.165) is 28.6 Å². The molecule has 2 aliphatic carbocycles. The molecule has 0 bridgehead atoms. The number of epoxide rings is 1. The second kappa shape index (κ2) is 8.98. The summed E-state index contributed by atoms with van der Waals surface area (Å²) in [5, 5.41) is 4.29. The minimum Gasteiger partial charge on any atom is -0.365 e. The van der Waals surface area contributed by atoms with Crippen LogP contribution >= 0.6 is 0 Å². The third kappa shape index (κ3) is 3.73. The van der Waals surface area contributed by atoms with Crippen molar-refractivity contribution in [1.82, 2.24) is 10.3 Å². The lowest BCUT2D eigenvalue weighted by Gasteiger charge is -2.45. The number of aromatic amines is 1. The number of hydrogen-bond donors (Lipinski definition) is 2. The zero-order valence-corrected chi connectivity index (χ0v) is 22.7. The van der Waals surface area contributed by atoms with Gasteiger partial charge in [0, 0.05) is 35.0 Å². The highest BCUT2D eigenvalue weighted by molar-refractivity contribution is 6.47. The zero-order chi connectivity index (χ0) is 27.7. The van der Waals surface area contributed by atoms with Crippen LogP contribution in [0.2, 0.25) is 0 Å². The molecular formula is C32H34N2O5. The molecule has 202 valence electrons. The molecule has 1 aromatic heterocycles. The number of allylic oxidation sites excluding steroid dienone is 5. The number of carbonyl (C=O) groups excluding carboxylic acids is 4. The van der Waals surface area contributed by atoms with Crippen LogP contribution in [0.4, 0.5) is 0 Å². The second-order valence-electron chi connectivity index (χ2n) is 12.0. The van der Waals surface area contributed by atoms with Gasteiger partial charge >= 0.3 is 0 Å². The first-order chi connectivity index (χ1) is 18.6. The first kappa shape index (κ1) is 25.7. The lowest BCUT2D eigenvalue weighted by molar-refractivity contribution is -0.145. The number of amides is 1. The van der Waals surface area contributed by atoms with E-state index in [1.165, 1.54) is 0 Å². The number of fused-ring (bicyclic) bond motifs is 3. The number of ketones is 3. The number of hydrogen-bond acceptors (Lipinski definition) is 5. The maximum Gasteiger partial charge on any atom is 0.235 e. The van der Waals surface area contributed by atoms with Gasteiger partial charge in [-0.2, -0.15) is 0 Å². The van der Waals surface area contributed by atoms with Crippen LogP contribution in [-0.2, 0) is 30.3 Å². The fourth-order valence-corrected chi connectivity index (χ4v) is 7.57. The number of para-hydroxylation sites is 1. The van der Waals surface area contributed by atoms with E-state index >= 15 is 0 Å². The molecule has 1 aromatic carbocycles. The van der Waals surface area contributed by atoms with E-state index in [1.54, 1.807) is 13.0 Å². The monoisotopic (exact) mass is 526 g/mol. The van der Waals surface area contributed by atoms with Crippen molar-refractivity contribution >= 4 is 34.2 Å². The highest BCUT2D eigenvalue weighted by Gasteiger charge is 2.78. The average molecular weight is 527 g/mol. The summed E-state index contributed by atoms with van der Waals surface area (Å²) in [6.07, 6.45) is 10.8. The fourth-order valence-electron chi connectivity index (χ4n) is 7.57. The van der Waals surface area contributed by atoms with E-state index in [2.05, 4.69) is 30.2 Å². The third-order valence-electron chi connectivity index (χ3n) is 9.71. The van der Waals surface area contributed by atoms with E-state index in [9.17, 15) is 19.2 Å². The molecular weight excluding hydrogens is 492 g/mol. The van der Waals surface area contributed by atoms with Crippen molar-refractivity contribution < 1.29 is 23.9 Å². The third-order valence-corrected chi connectivity index (χ3v) is 9.71. The molecule has 3 fully saturated rings. The molecule has 6 rings (SSSR count). The number of rotatable bonds is 2. The van der Waals surface area contributed by atoms with Gasteiger partial charge in [0.05, 0.1) is 11.7 Å². The molecule has 7 nitrogen and oxygen atoms in total. The van der Waals surface area contributed by atoms with Crippen LogP contribution in [0.3, 0.4) is 0 Å². The Labute approximate surface area is 227 Å². The van der Waals surface area contributed by atoms with Gasteiger partial charge in [0.15, 0.2) is 5.78 Å². The van der Waals surface area contributed by atoms with Crippen LogP contribution < -0.4 is 5.32 Å². The minimum atomic E-state index is -1.44. The van der Waals surface area contributed by atoms with Crippen LogP contribution in [0.15, 0.2) is 66.4 Å². The number of Topliss-reactive ketones (excluding diaryl/α,β-unsaturated/α-hetero) is 1. The predicted octanol–water partition coefficient (Wildman–Crippen LogP) is 4.04. The summed E-state index contributed by atoms with van der Waals surface area (Å²) >= 11 is 0. The van der Waals surface area contributed by atoms with E-state index in [-0.39, 0.29) is 35.8 Å². The Bertz CT molecular complexity index is 1500. The maximum atomic E-state index is 14.2. The number of aromatic nitrogens is 1. The molecule has 2 N–H and O–H groups in total. The van der Waals surface area contributed by atoms with Gasteiger partial charge in [-0.3, -0.25) is 19.2 Å². The number of ether oxygens (including phenoxy) is 1. The topological polar surface area (TPSA) is 109 Å². The summed E-state index contributed by atoms with van der Waals surface area (Å²) in [7, 11) is 0. The molecule has 2 aromatic rings. The molecule has 1 amide bonds. The van der Waals surface area contributed by atoms with Gasteiger partial charge in [-0.1, -0.05) is 50.3 Å². The Morgan fingerprint density at radius 1 is 1.08 bits per heavy atom. The Morgan fingerprint density at radius 3 is 2.64 bits per heavy atom. The van der Waals surface area contributed by atoms with Crippen LogP contribution in [0.1, 0.15) is 39.7 Å². The lowest BCUT2D eigenvalue weighted by atomic mass is 9.51. The molecule has 8 atom stereocenters. The van der Waals surface area contributed by atoms with E-state index in [4.69, 9.17) is 4.74 Å². The Balaban J connectivity index is 1.47. The molecule has 0 radical (unpaired) electrons. The zero-order valence-electron chi connectivity index (χ0n) is 22.7. The molecule has 1 spiro atoms. The van der Waals surface area contributed by atoms with Crippen LogP contribution in [0.25, 0.3) is 10.9 Å². The Morgan fingerprint density at radius 2 is 1.85 bits per heavy atom. The van der Waals surface area contributed by atoms with Gasteiger partial charge in [0.2, 0.25) is 17.5 Å². The molecule has 3 heterocycles. The summed E-state index contributed by atoms with van der Waals surface area (Å²) in [4.78, 5) is 57.0. The van der Waals surface area contributed by atoms with Gasteiger partial charge < -0.3 is 15.0 Å². The molecule has 2 aliphatic heterocycles. The van der Waals surface area contributed by atoms with Crippen molar-refractivity contribution in [1.29, 1.82) is 0 Å². The van der Waals surface area contributed by atoms with Crippen LogP contribution in [-0.4, -0.2) is 46.0 Å². The number of nitrogens with one attached hydrogen (secondary N) is 2. The van der Waals surface area contributed by atoms with Gasteiger partial charge in [-0.15, -0.1) is 0 Å². The quantitative estimate of drug-likeness (QED) is 0.266. The molecule has 7 heteroatoms. The van der Waals surface area contributed by atoms with Crippen LogP contribution in [0.5, 0.6) is 0 Å². The number of H-pyrrole nitrogens is 1.